The summed E-state index contributed by atoms with van der Waals surface area (Å²) in [5, 5.41) is 11.0. The van der Waals surface area contributed by atoms with Crippen LogP contribution in [0.1, 0.15) is 49.1 Å². The summed E-state index contributed by atoms with van der Waals surface area (Å²) in [5.41, 5.74) is 10.5. The molecule has 0 amide bonds. The Labute approximate surface area is 282 Å². The van der Waals surface area contributed by atoms with Crippen LogP contribution in [0.2, 0.25) is 0 Å². The molecule has 47 heavy (non-hydrogen) atoms. The number of hydrogen-bond acceptors (Lipinski definition) is 5. The van der Waals surface area contributed by atoms with E-state index in [2.05, 4.69) is 149 Å². The minimum Gasteiger partial charge on any atom is -0.310 e. The normalized spacial score (nSPS) is 16.8. The van der Waals surface area contributed by atoms with Gasteiger partial charge in [0.05, 0.1) is 5.69 Å². The molecule has 244 valence electrons. The Kier molecular flexibility index (Phi) is 13.7. The molecular weight excluding hydrogens is 574 g/mol. The number of allylic oxidation sites excluding steroid dienone is 5. The van der Waals surface area contributed by atoms with E-state index in [0.29, 0.717) is 6.04 Å². The van der Waals surface area contributed by atoms with Crippen molar-refractivity contribution in [1.29, 1.82) is 0 Å². The fraction of sp³-hybridized carbons (Fsp3) is 0.310. The zero-order valence-electron chi connectivity index (χ0n) is 28.2. The average Bonchev–Trinajstić information content (AvgIpc) is 3.10. The van der Waals surface area contributed by atoms with Gasteiger partial charge < -0.3 is 16.0 Å². The molecule has 0 aliphatic heterocycles. The first-order valence-electron chi connectivity index (χ1n) is 17.1. The van der Waals surface area contributed by atoms with Crippen molar-refractivity contribution in [2.24, 2.45) is 0 Å². The quantitative estimate of drug-likeness (QED) is 0.0825. The van der Waals surface area contributed by atoms with Crippen LogP contribution in [0.4, 0.5) is 0 Å². The molecule has 1 aliphatic rings. The molecule has 5 nitrogen and oxygen atoms in total. The van der Waals surface area contributed by atoms with Crippen LogP contribution in [0.25, 0.3) is 11.1 Å². The molecule has 1 atom stereocenters. The highest BCUT2D eigenvalue weighted by atomic mass is 15.2. The van der Waals surface area contributed by atoms with Crippen LogP contribution in [0.3, 0.4) is 0 Å². The monoisotopic (exact) mass is 625 g/mol. The van der Waals surface area contributed by atoms with Crippen molar-refractivity contribution < 1.29 is 0 Å². The summed E-state index contributed by atoms with van der Waals surface area (Å²) < 4.78 is 0. The SMILES string of the molecule is C\C1=C/C=C\C=C(\CNCN(CCNCc2ccccn2)Cc2ccc(-c3ccc(CN[C@H](C)Cc4ccccc4)cc3)cc2)CC1. The largest absolute Gasteiger partial charge is 0.310 e. The predicted molar refractivity (Wildman–Crippen MR) is 198 cm³/mol. The number of nitrogens with one attached hydrogen (secondary N) is 3. The van der Waals surface area contributed by atoms with E-state index in [1.165, 1.54) is 39.0 Å². The van der Waals surface area contributed by atoms with Crippen molar-refractivity contribution >= 4 is 0 Å². The summed E-state index contributed by atoms with van der Waals surface area (Å²) in [6.07, 6.45) is 13.9. The van der Waals surface area contributed by atoms with Gasteiger partial charge in [-0.15, -0.1) is 0 Å². The van der Waals surface area contributed by atoms with Gasteiger partial charge >= 0.3 is 0 Å². The van der Waals surface area contributed by atoms with E-state index in [4.69, 9.17) is 0 Å². The lowest BCUT2D eigenvalue weighted by Crippen LogP contribution is -2.39. The third-order valence-electron chi connectivity index (χ3n) is 8.68. The van der Waals surface area contributed by atoms with E-state index < -0.39 is 0 Å². The molecule has 0 bridgehead atoms. The zero-order chi connectivity index (χ0) is 32.5. The maximum atomic E-state index is 4.44. The third kappa shape index (κ3) is 12.2. The second-order valence-electron chi connectivity index (χ2n) is 12.7. The van der Waals surface area contributed by atoms with Crippen LogP contribution in [0.5, 0.6) is 0 Å². The van der Waals surface area contributed by atoms with E-state index in [1.54, 1.807) is 0 Å². The van der Waals surface area contributed by atoms with Crippen LogP contribution in [-0.4, -0.2) is 42.2 Å². The van der Waals surface area contributed by atoms with Crippen molar-refractivity contribution in [1.82, 2.24) is 25.8 Å². The molecule has 5 heteroatoms. The highest BCUT2D eigenvalue weighted by Gasteiger charge is 2.09. The van der Waals surface area contributed by atoms with Gasteiger partial charge in [0.15, 0.2) is 0 Å². The average molecular weight is 626 g/mol. The first-order valence-corrected chi connectivity index (χ1v) is 17.1. The molecule has 1 heterocycles. The standard InChI is InChI=1S/C42H51N5/c1-34-10-6-7-13-37(16-15-34)29-44-33-47(27-26-43-31-42-14-8-9-25-45-42)32-39-19-23-41(24-20-39)40-21-17-38(18-22-40)30-46-35(2)28-36-11-4-3-5-12-36/h3-14,17-25,35,43-44,46H,15-16,26-33H2,1-2H3/b7-6-,34-10+,37-13+/t35-/m1/s1. The Morgan fingerprint density at radius 1 is 0.702 bits per heavy atom. The molecule has 3 N–H and O–H groups in total. The fourth-order valence-corrected chi connectivity index (χ4v) is 5.84. The molecule has 4 aromatic rings. The van der Waals surface area contributed by atoms with Crippen molar-refractivity contribution in [3.05, 3.63) is 161 Å². The van der Waals surface area contributed by atoms with E-state index in [-0.39, 0.29) is 0 Å². The number of aromatic nitrogens is 1. The van der Waals surface area contributed by atoms with Crippen LogP contribution in [0, 0.1) is 0 Å². The molecule has 0 radical (unpaired) electrons. The first-order chi connectivity index (χ1) is 23.1. The molecule has 0 fully saturated rings. The molecule has 3 aromatic carbocycles. The highest BCUT2D eigenvalue weighted by Crippen LogP contribution is 2.21. The van der Waals surface area contributed by atoms with Gasteiger partial charge in [0, 0.05) is 58.2 Å². The third-order valence-corrected chi connectivity index (χ3v) is 8.68. The summed E-state index contributed by atoms with van der Waals surface area (Å²) in [6.45, 7) is 10.6. The Balaban J connectivity index is 1.12. The van der Waals surface area contributed by atoms with Gasteiger partial charge in [0.2, 0.25) is 0 Å². The molecule has 5 rings (SSSR count). The first kappa shape index (κ1) is 34.2. The smallest absolute Gasteiger partial charge is 0.0541 e. The summed E-state index contributed by atoms with van der Waals surface area (Å²) in [5.74, 6) is 0. The van der Waals surface area contributed by atoms with Gasteiger partial charge in [-0.05, 0) is 73.1 Å². The number of benzene rings is 3. The Bertz CT molecular complexity index is 1560. The number of nitrogens with zero attached hydrogens (tertiary/aromatic N) is 2. The maximum Gasteiger partial charge on any atom is 0.0541 e. The molecule has 0 spiro atoms. The van der Waals surface area contributed by atoms with Gasteiger partial charge in [-0.25, -0.2) is 0 Å². The van der Waals surface area contributed by atoms with Crippen LogP contribution >= 0.6 is 0 Å². The maximum absolute atomic E-state index is 4.44. The van der Waals surface area contributed by atoms with E-state index in [1.807, 2.05) is 18.3 Å². The molecular formula is C42H51N5. The van der Waals surface area contributed by atoms with Crippen molar-refractivity contribution in [3.63, 3.8) is 0 Å². The topological polar surface area (TPSA) is 52.2 Å². The molecule has 1 aromatic heterocycles. The second-order valence-corrected chi connectivity index (χ2v) is 12.7. The van der Waals surface area contributed by atoms with E-state index in [0.717, 1.165) is 70.9 Å². The number of hydrogen-bond donors (Lipinski definition) is 3. The highest BCUT2D eigenvalue weighted by molar-refractivity contribution is 5.64. The zero-order valence-corrected chi connectivity index (χ0v) is 28.2. The summed E-state index contributed by atoms with van der Waals surface area (Å²) in [6, 6.07) is 35.3. The lowest BCUT2D eigenvalue weighted by atomic mass is 10.0. The van der Waals surface area contributed by atoms with Crippen molar-refractivity contribution in [2.75, 3.05) is 26.3 Å². The molecule has 0 saturated heterocycles. The summed E-state index contributed by atoms with van der Waals surface area (Å²) >= 11 is 0. The van der Waals surface area contributed by atoms with Crippen molar-refractivity contribution in [3.8, 4) is 11.1 Å². The van der Waals surface area contributed by atoms with Gasteiger partial charge in [-0.1, -0.05) is 120 Å². The summed E-state index contributed by atoms with van der Waals surface area (Å²) in [4.78, 5) is 6.94. The Hall–Kier alpha value is -4.13. The van der Waals surface area contributed by atoms with Gasteiger partial charge in [-0.3, -0.25) is 9.88 Å². The van der Waals surface area contributed by atoms with Crippen molar-refractivity contribution in [2.45, 2.75) is 58.8 Å². The lowest BCUT2D eigenvalue weighted by Gasteiger charge is -2.24. The molecule has 0 unspecified atom stereocenters. The lowest BCUT2D eigenvalue weighted by molar-refractivity contribution is 0.247. The second kappa shape index (κ2) is 18.9. The molecule has 0 saturated carbocycles. The van der Waals surface area contributed by atoms with Crippen LogP contribution < -0.4 is 16.0 Å². The van der Waals surface area contributed by atoms with E-state index in [9.17, 15) is 0 Å². The summed E-state index contributed by atoms with van der Waals surface area (Å²) in [7, 11) is 0. The Morgan fingerprint density at radius 2 is 1.43 bits per heavy atom. The molecule has 1 aliphatic carbocycles. The number of pyridine rings is 1. The van der Waals surface area contributed by atoms with Gasteiger partial charge in [0.25, 0.3) is 0 Å². The van der Waals surface area contributed by atoms with Gasteiger partial charge in [0.1, 0.15) is 0 Å². The van der Waals surface area contributed by atoms with Crippen LogP contribution in [-0.2, 0) is 26.1 Å². The van der Waals surface area contributed by atoms with Gasteiger partial charge in [-0.2, -0.15) is 0 Å². The predicted octanol–water partition coefficient (Wildman–Crippen LogP) is 7.83. The number of rotatable bonds is 17. The Morgan fingerprint density at radius 3 is 2.17 bits per heavy atom. The minimum atomic E-state index is 0.424. The van der Waals surface area contributed by atoms with E-state index >= 15 is 0 Å². The minimum absolute atomic E-state index is 0.424. The fourth-order valence-electron chi connectivity index (χ4n) is 5.84. The van der Waals surface area contributed by atoms with Crippen LogP contribution in [0.15, 0.2) is 139 Å².